The number of hydrogen-bond acceptors (Lipinski definition) is 0. The maximum Gasteiger partial charge on any atom is 0.0541 e. The van der Waals surface area contributed by atoms with Gasteiger partial charge in [-0.3, -0.25) is 0 Å². The van der Waals surface area contributed by atoms with Gasteiger partial charge in [0.05, 0.1) is 16.7 Å². The molecule has 0 saturated heterocycles. The van der Waals surface area contributed by atoms with Gasteiger partial charge in [-0.2, -0.15) is 0 Å². The van der Waals surface area contributed by atoms with E-state index in [1.165, 1.54) is 92.8 Å². The van der Waals surface area contributed by atoms with Gasteiger partial charge in [-0.05, 0) is 90.3 Å². The first-order valence-electron chi connectivity index (χ1n) is 16.3. The average Bonchev–Trinajstić information content (AvgIpc) is 3.48. The molecular formula is C46H29N. The molecule has 0 aliphatic heterocycles. The summed E-state index contributed by atoms with van der Waals surface area (Å²) in [6, 6.07) is 64.5. The predicted octanol–water partition coefficient (Wildman–Crippen LogP) is 12.7. The third-order valence-electron chi connectivity index (χ3n) is 9.98. The minimum absolute atomic E-state index is 1.21. The topological polar surface area (TPSA) is 4.93 Å². The van der Waals surface area contributed by atoms with Crippen LogP contribution in [0.3, 0.4) is 0 Å². The van der Waals surface area contributed by atoms with Crippen LogP contribution in [0.25, 0.3) is 92.8 Å². The van der Waals surface area contributed by atoms with E-state index in [1.807, 2.05) is 0 Å². The molecular weight excluding hydrogens is 567 g/mol. The zero-order valence-electron chi connectivity index (χ0n) is 25.7. The lowest BCUT2D eigenvalue weighted by molar-refractivity contribution is 1.20. The lowest BCUT2D eigenvalue weighted by Crippen LogP contribution is -1.95. The van der Waals surface area contributed by atoms with Crippen LogP contribution in [0, 0.1) is 0 Å². The van der Waals surface area contributed by atoms with E-state index >= 15 is 0 Å². The van der Waals surface area contributed by atoms with Crippen molar-refractivity contribution in [2.45, 2.75) is 0 Å². The van der Waals surface area contributed by atoms with E-state index in [-0.39, 0.29) is 0 Å². The van der Waals surface area contributed by atoms with Crippen LogP contribution in [0.2, 0.25) is 0 Å². The van der Waals surface area contributed by atoms with Crippen molar-refractivity contribution in [2.24, 2.45) is 0 Å². The second-order valence-corrected chi connectivity index (χ2v) is 12.5. The summed E-state index contributed by atoms with van der Waals surface area (Å²) in [7, 11) is 0. The van der Waals surface area contributed by atoms with E-state index in [1.54, 1.807) is 0 Å². The van der Waals surface area contributed by atoms with Crippen LogP contribution in [0.4, 0.5) is 0 Å². The summed E-state index contributed by atoms with van der Waals surface area (Å²) >= 11 is 0. The van der Waals surface area contributed by atoms with Crippen LogP contribution in [0.1, 0.15) is 0 Å². The van der Waals surface area contributed by atoms with Gasteiger partial charge >= 0.3 is 0 Å². The molecule has 10 aromatic rings. The fourth-order valence-corrected chi connectivity index (χ4v) is 7.76. The minimum Gasteiger partial charge on any atom is -0.309 e. The summed E-state index contributed by atoms with van der Waals surface area (Å²) < 4.78 is 2.42. The number of benzene rings is 9. The Hall–Kier alpha value is -6.18. The molecule has 1 heteroatoms. The summed E-state index contributed by atoms with van der Waals surface area (Å²) in [5.41, 5.74) is 8.56. The molecule has 10 rings (SSSR count). The first-order valence-corrected chi connectivity index (χ1v) is 16.3. The summed E-state index contributed by atoms with van der Waals surface area (Å²) in [5, 5.41) is 12.9. The average molecular weight is 596 g/mol. The van der Waals surface area contributed by atoms with Crippen molar-refractivity contribution in [2.75, 3.05) is 0 Å². The Morgan fingerprint density at radius 1 is 0.255 bits per heavy atom. The number of rotatable bonds is 3. The standard InChI is InChI=1S/C46H29N/c1-2-12-35-32(10-1)11-9-19-44(35)47-45-18-8-7-17-41(45)43-29-34(25-27-46(43)47)31-22-20-30(21-23-31)33-24-26-40-38-15-4-3-13-36(38)37-14-5-6-16-39(37)42(40)28-33/h1-29H. The Kier molecular flexibility index (Phi) is 5.64. The van der Waals surface area contributed by atoms with Crippen molar-refractivity contribution >= 4 is 64.9 Å². The zero-order valence-corrected chi connectivity index (χ0v) is 25.7. The normalized spacial score (nSPS) is 11.8. The van der Waals surface area contributed by atoms with Crippen molar-refractivity contribution in [3.63, 3.8) is 0 Å². The van der Waals surface area contributed by atoms with Crippen LogP contribution in [0.5, 0.6) is 0 Å². The molecule has 0 atom stereocenters. The van der Waals surface area contributed by atoms with Gasteiger partial charge in [0.2, 0.25) is 0 Å². The quantitative estimate of drug-likeness (QED) is 0.179. The second-order valence-electron chi connectivity index (χ2n) is 12.5. The van der Waals surface area contributed by atoms with E-state index < -0.39 is 0 Å². The molecule has 0 saturated carbocycles. The fraction of sp³-hybridized carbons (Fsp3) is 0. The predicted molar refractivity (Wildman–Crippen MR) is 202 cm³/mol. The summed E-state index contributed by atoms with van der Waals surface area (Å²) in [6.07, 6.45) is 0. The smallest absolute Gasteiger partial charge is 0.0541 e. The molecule has 47 heavy (non-hydrogen) atoms. The van der Waals surface area contributed by atoms with Crippen LogP contribution >= 0.6 is 0 Å². The maximum atomic E-state index is 2.42. The van der Waals surface area contributed by atoms with Gasteiger partial charge in [-0.15, -0.1) is 0 Å². The first kappa shape index (κ1) is 26.1. The molecule has 1 nitrogen and oxygen atoms in total. The molecule has 218 valence electrons. The Bertz CT molecular complexity index is 2790. The number of nitrogens with zero attached hydrogens (tertiary/aromatic N) is 1. The highest BCUT2D eigenvalue weighted by Gasteiger charge is 2.15. The highest BCUT2D eigenvalue weighted by Crippen LogP contribution is 2.39. The molecule has 1 heterocycles. The van der Waals surface area contributed by atoms with Gasteiger partial charge in [-0.1, -0.05) is 146 Å². The first-order chi connectivity index (χ1) is 23.3. The van der Waals surface area contributed by atoms with Crippen molar-refractivity contribution in [3.8, 4) is 27.9 Å². The van der Waals surface area contributed by atoms with Gasteiger partial charge < -0.3 is 4.57 Å². The summed E-state index contributed by atoms with van der Waals surface area (Å²) in [6.45, 7) is 0. The SMILES string of the molecule is c1ccc2c(-n3c4ccccc4c4cc(-c5ccc(-c6ccc7c8ccccc8c8ccccc8c7c6)cc5)ccc43)cccc2c1. The number of aromatic nitrogens is 1. The van der Waals surface area contributed by atoms with E-state index in [2.05, 4.69) is 180 Å². The van der Waals surface area contributed by atoms with Gasteiger partial charge in [0.1, 0.15) is 0 Å². The second kappa shape index (κ2) is 10.2. The third kappa shape index (κ3) is 3.97. The van der Waals surface area contributed by atoms with Crippen molar-refractivity contribution in [1.29, 1.82) is 0 Å². The minimum atomic E-state index is 1.21. The van der Waals surface area contributed by atoms with Crippen molar-refractivity contribution in [3.05, 3.63) is 176 Å². The van der Waals surface area contributed by atoms with Crippen LogP contribution in [-0.2, 0) is 0 Å². The highest BCUT2D eigenvalue weighted by atomic mass is 15.0. The van der Waals surface area contributed by atoms with E-state index in [0.29, 0.717) is 0 Å². The number of fused-ring (bicyclic) bond motifs is 10. The van der Waals surface area contributed by atoms with Gasteiger partial charge in [0.15, 0.2) is 0 Å². The van der Waals surface area contributed by atoms with E-state index in [9.17, 15) is 0 Å². The van der Waals surface area contributed by atoms with Crippen LogP contribution in [0.15, 0.2) is 176 Å². The van der Waals surface area contributed by atoms with Gasteiger partial charge in [0.25, 0.3) is 0 Å². The monoisotopic (exact) mass is 595 g/mol. The van der Waals surface area contributed by atoms with E-state index in [0.717, 1.165) is 0 Å². The Morgan fingerprint density at radius 2 is 0.702 bits per heavy atom. The van der Waals surface area contributed by atoms with E-state index in [4.69, 9.17) is 0 Å². The fourth-order valence-electron chi connectivity index (χ4n) is 7.76. The third-order valence-corrected chi connectivity index (χ3v) is 9.98. The Morgan fingerprint density at radius 3 is 1.38 bits per heavy atom. The molecule has 0 spiro atoms. The molecule has 0 amide bonds. The molecule has 0 bridgehead atoms. The zero-order chi connectivity index (χ0) is 30.9. The van der Waals surface area contributed by atoms with Crippen molar-refractivity contribution < 1.29 is 0 Å². The molecule has 0 N–H and O–H groups in total. The summed E-state index contributed by atoms with van der Waals surface area (Å²) in [5.74, 6) is 0. The lowest BCUT2D eigenvalue weighted by Gasteiger charge is -2.12. The molecule has 0 aliphatic carbocycles. The highest BCUT2D eigenvalue weighted by molar-refractivity contribution is 6.25. The molecule has 0 radical (unpaired) electrons. The molecule has 9 aromatic carbocycles. The van der Waals surface area contributed by atoms with Crippen LogP contribution < -0.4 is 0 Å². The number of para-hydroxylation sites is 1. The Balaban J connectivity index is 1.09. The summed E-state index contributed by atoms with van der Waals surface area (Å²) in [4.78, 5) is 0. The van der Waals surface area contributed by atoms with Crippen LogP contribution in [-0.4, -0.2) is 4.57 Å². The molecule has 0 fully saturated rings. The van der Waals surface area contributed by atoms with Crippen molar-refractivity contribution in [1.82, 2.24) is 4.57 Å². The maximum absolute atomic E-state index is 2.42. The van der Waals surface area contributed by atoms with Gasteiger partial charge in [0, 0.05) is 16.2 Å². The Labute approximate surface area is 272 Å². The largest absolute Gasteiger partial charge is 0.309 e. The molecule has 1 aromatic heterocycles. The molecule has 0 aliphatic rings. The lowest BCUT2D eigenvalue weighted by atomic mass is 9.92. The number of hydrogen-bond donors (Lipinski definition) is 0. The molecule has 0 unspecified atom stereocenters. The van der Waals surface area contributed by atoms with Gasteiger partial charge in [-0.25, -0.2) is 0 Å².